The van der Waals surface area contributed by atoms with Crippen LogP contribution in [0.25, 0.3) is 6.08 Å². The van der Waals surface area contributed by atoms with E-state index in [-0.39, 0.29) is 10.8 Å². The lowest BCUT2D eigenvalue weighted by molar-refractivity contribution is -0.127. The summed E-state index contributed by atoms with van der Waals surface area (Å²) in [6.45, 7) is 7.52. The summed E-state index contributed by atoms with van der Waals surface area (Å²) in [4.78, 5) is 16.7. The van der Waals surface area contributed by atoms with Crippen LogP contribution >= 0.6 is 0 Å². The smallest absolute Gasteiger partial charge is 0.246 e. The van der Waals surface area contributed by atoms with Crippen LogP contribution in [0.3, 0.4) is 0 Å². The van der Waals surface area contributed by atoms with Crippen molar-refractivity contribution in [2.24, 2.45) is 0 Å². The molecule has 1 saturated heterocycles. The van der Waals surface area contributed by atoms with E-state index in [1.807, 2.05) is 17.9 Å². The van der Waals surface area contributed by atoms with E-state index in [4.69, 9.17) is 4.52 Å². The van der Waals surface area contributed by atoms with E-state index < -0.39 is 10.0 Å². The average molecular weight is 419 g/mol. The maximum atomic E-state index is 12.4. The van der Waals surface area contributed by atoms with E-state index in [1.54, 1.807) is 25.1 Å². The van der Waals surface area contributed by atoms with Crippen molar-refractivity contribution < 1.29 is 17.7 Å². The van der Waals surface area contributed by atoms with E-state index in [2.05, 4.69) is 14.8 Å². The fraction of sp³-hybridized carbons (Fsp3) is 0.400. The number of sulfonamides is 1. The number of hydrogen-bond donors (Lipinski definition) is 1. The molecule has 2 aromatic rings. The molecule has 1 aromatic carbocycles. The van der Waals surface area contributed by atoms with E-state index in [1.165, 1.54) is 18.2 Å². The lowest BCUT2D eigenvalue weighted by Crippen LogP contribution is -2.47. The molecule has 1 aliphatic rings. The number of aryl methyl sites for hydroxylation is 1. The summed E-state index contributed by atoms with van der Waals surface area (Å²) < 4.78 is 31.5. The van der Waals surface area contributed by atoms with Gasteiger partial charge in [-0.2, -0.15) is 0 Å². The van der Waals surface area contributed by atoms with Crippen molar-refractivity contribution in [3.8, 4) is 0 Å². The summed E-state index contributed by atoms with van der Waals surface area (Å²) in [5, 5.41) is 4.01. The summed E-state index contributed by atoms with van der Waals surface area (Å²) >= 11 is 0. The Kier molecular flexibility index (Phi) is 6.83. The summed E-state index contributed by atoms with van der Waals surface area (Å²) in [5.74, 6) is 0.748. The number of carbonyl (C=O) groups excluding carboxylic acids is 1. The first kappa shape index (κ1) is 21.2. The first-order valence-corrected chi connectivity index (χ1v) is 11.1. The fourth-order valence-electron chi connectivity index (χ4n) is 3.15. The molecule has 0 saturated carbocycles. The lowest BCUT2D eigenvalue weighted by Gasteiger charge is -2.33. The number of hydrogen-bond acceptors (Lipinski definition) is 6. The molecule has 1 N–H and O–H groups in total. The number of rotatable bonds is 7. The molecule has 156 valence electrons. The van der Waals surface area contributed by atoms with Gasteiger partial charge in [0.25, 0.3) is 0 Å². The molecule has 0 aliphatic carbocycles. The second-order valence-electron chi connectivity index (χ2n) is 6.93. The van der Waals surface area contributed by atoms with E-state index in [0.29, 0.717) is 19.6 Å². The number of benzene rings is 1. The highest BCUT2D eigenvalue weighted by Gasteiger charge is 2.20. The van der Waals surface area contributed by atoms with Crippen LogP contribution in [0.4, 0.5) is 0 Å². The predicted molar refractivity (Wildman–Crippen MR) is 109 cm³/mol. The van der Waals surface area contributed by atoms with Crippen molar-refractivity contribution in [1.29, 1.82) is 0 Å². The van der Waals surface area contributed by atoms with Crippen molar-refractivity contribution in [2.75, 3.05) is 32.7 Å². The maximum absolute atomic E-state index is 12.4. The molecule has 0 atom stereocenters. The van der Waals surface area contributed by atoms with Crippen molar-refractivity contribution in [3.63, 3.8) is 0 Å². The van der Waals surface area contributed by atoms with Gasteiger partial charge in [-0.3, -0.25) is 9.69 Å². The molecular formula is C20H26N4O4S. The largest absolute Gasteiger partial charge is 0.361 e. The second kappa shape index (κ2) is 9.34. The van der Waals surface area contributed by atoms with Gasteiger partial charge in [-0.25, -0.2) is 13.1 Å². The number of piperazine rings is 1. The summed E-state index contributed by atoms with van der Waals surface area (Å²) in [6.07, 6.45) is 3.24. The number of amides is 1. The molecule has 2 heterocycles. The van der Waals surface area contributed by atoms with Gasteiger partial charge in [0.2, 0.25) is 15.9 Å². The molecule has 1 amide bonds. The predicted octanol–water partition coefficient (Wildman–Crippen LogP) is 1.64. The number of nitrogens with one attached hydrogen (secondary N) is 1. The normalized spacial score (nSPS) is 15.9. The van der Waals surface area contributed by atoms with Crippen molar-refractivity contribution in [1.82, 2.24) is 19.7 Å². The Balaban J connectivity index is 1.51. The van der Waals surface area contributed by atoms with Gasteiger partial charge >= 0.3 is 0 Å². The molecule has 29 heavy (non-hydrogen) atoms. The van der Waals surface area contributed by atoms with E-state index in [0.717, 1.165) is 36.7 Å². The Labute approximate surface area is 171 Å². The molecule has 1 fully saturated rings. The molecule has 0 unspecified atom stereocenters. The van der Waals surface area contributed by atoms with Gasteiger partial charge < -0.3 is 9.42 Å². The van der Waals surface area contributed by atoms with Crippen LogP contribution in [-0.2, 0) is 21.4 Å². The van der Waals surface area contributed by atoms with Gasteiger partial charge in [0.05, 0.1) is 10.6 Å². The SMILES string of the molecule is CCNS(=O)(=O)c1ccc(/C=C/C(=O)N2CCN(Cc3cc(C)on3)CC2)cc1. The molecule has 0 spiro atoms. The van der Waals surface area contributed by atoms with Crippen LogP contribution in [-0.4, -0.2) is 62.0 Å². The zero-order valence-corrected chi connectivity index (χ0v) is 17.5. The molecular weight excluding hydrogens is 392 g/mol. The molecule has 3 rings (SSSR count). The van der Waals surface area contributed by atoms with Gasteiger partial charge in [0, 0.05) is 51.4 Å². The van der Waals surface area contributed by atoms with Crippen LogP contribution in [0.2, 0.25) is 0 Å². The highest BCUT2D eigenvalue weighted by atomic mass is 32.2. The van der Waals surface area contributed by atoms with Gasteiger partial charge in [-0.1, -0.05) is 24.2 Å². The van der Waals surface area contributed by atoms with Crippen LogP contribution in [0, 0.1) is 6.92 Å². The lowest BCUT2D eigenvalue weighted by atomic mass is 10.2. The van der Waals surface area contributed by atoms with Gasteiger partial charge in [-0.05, 0) is 30.7 Å². The van der Waals surface area contributed by atoms with Gasteiger partial charge in [0.1, 0.15) is 5.76 Å². The minimum absolute atomic E-state index is 0.0497. The first-order chi connectivity index (χ1) is 13.9. The van der Waals surface area contributed by atoms with Crippen molar-refractivity contribution in [3.05, 3.63) is 53.4 Å². The third-order valence-corrected chi connectivity index (χ3v) is 6.25. The van der Waals surface area contributed by atoms with Crippen LogP contribution in [0.15, 0.2) is 45.8 Å². The Hall–Kier alpha value is -2.49. The van der Waals surface area contributed by atoms with Crippen LogP contribution in [0.5, 0.6) is 0 Å². The number of nitrogens with zero attached hydrogens (tertiary/aromatic N) is 3. The van der Waals surface area contributed by atoms with Crippen LogP contribution in [0.1, 0.15) is 23.9 Å². The average Bonchev–Trinajstić information content (AvgIpc) is 3.11. The fourth-order valence-corrected chi connectivity index (χ4v) is 4.19. The zero-order chi connectivity index (χ0) is 20.9. The second-order valence-corrected chi connectivity index (χ2v) is 8.70. The quantitative estimate of drug-likeness (QED) is 0.687. The Bertz CT molecular complexity index is 959. The summed E-state index contributed by atoms with van der Waals surface area (Å²) in [5.41, 5.74) is 1.68. The Morgan fingerprint density at radius 1 is 1.21 bits per heavy atom. The molecule has 1 aliphatic heterocycles. The maximum Gasteiger partial charge on any atom is 0.246 e. The third-order valence-electron chi connectivity index (χ3n) is 4.69. The summed E-state index contributed by atoms with van der Waals surface area (Å²) in [7, 11) is -3.47. The van der Waals surface area contributed by atoms with Crippen LogP contribution < -0.4 is 4.72 Å². The molecule has 0 bridgehead atoms. The molecule has 1 aromatic heterocycles. The Morgan fingerprint density at radius 2 is 1.90 bits per heavy atom. The van der Waals surface area contributed by atoms with Gasteiger partial charge in [-0.15, -0.1) is 0 Å². The molecule has 9 heteroatoms. The van der Waals surface area contributed by atoms with E-state index >= 15 is 0 Å². The standard InChI is InChI=1S/C20H26N4O4S/c1-3-21-29(26,27)19-7-4-17(5-8-19)6-9-20(25)24-12-10-23(11-13-24)15-18-14-16(2)28-22-18/h4-9,14,21H,3,10-13,15H2,1-2H3/b9-6+. The van der Waals surface area contributed by atoms with E-state index in [9.17, 15) is 13.2 Å². The number of carbonyl (C=O) groups is 1. The molecule has 8 nitrogen and oxygen atoms in total. The van der Waals surface area contributed by atoms with Crippen molar-refractivity contribution >= 4 is 22.0 Å². The highest BCUT2D eigenvalue weighted by molar-refractivity contribution is 7.89. The summed E-state index contributed by atoms with van der Waals surface area (Å²) in [6, 6.07) is 8.37. The molecule has 0 radical (unpaired) electrons. The first-order valence-electron chi connectivity index (χ1n) is 9.58. The Morgan fingerprint density at radius 3 is 2.48 bits per heavy atom. The topological polar surface area (TPSA) is 95.8 Å². The number of aromatic nitrogens is 1. The monoisotopic (exact) mass is 418 g/mol. The zero-order valence-electron chi connectivity index (χ0n) is 16.7. The third kappa shape index (κ3) is 5.75. The van der Waals surface area contributed by atoms with Gasteiger partial charge in [0.15, 0.2) is 0 Å². The highest BCUT2D eigenvalue weighted by Crippen LogP contribution is 2.13. The minimum Gasteiger partial charge on any atom is -0.361 e. The minimum atomic E-state index is -3.47. The van der Waals surface area contributed by atoms with Crippen molar-refractivity contribution in [2.45, 2.75) is 25.3 Å².